The van der Waals surface area contributed by atoms with E-state index in [-0.39, 0.29) is 17.4 Å². The van der Waals surface area contributed by atoms with Crippen LogP contribution in [0.25, 0.3) is 0 Å². The Hall–Kier alpha value is -1.86. The molecule has 0 saturated carbocycles. The Kier molecular flexibility index (Phi) is 4.87. The van der Waals surface area contributed by atoms with Crippen LogP contribution in [0.5, 0.6) is 0 Å². The largest absolute Gasteiger partial charge is 0.310 e. The summed E-state index contributed by atoms with van der Waals surface area (Å²) in [5, 5.41) is 8.81. The minimum absolute atomic E-state index is 0.107. The van der Waals surface area contributed by atoms with Gasteiger partial charge in [0.2, 0.25) is 0 Å². The lowest BCUT2D eigenvalue weighted by Gasteiger charge is -2.19. The molecule has 0 radical (unpaired) electrons. The molecule has 2 aromatic rings. The van der Waals surface area contributed by atoms with Crippen molar-refractivity contribution in [2.45, 2.75) is 39.2 Å². The Labute approximate surface area is 139 Å². The number of hydrogen-bond acceptors (Lipinski definition) is 2. The third-order valence-electron chi connectivity index (χ3n) is 3.57. The van der Waals surface area contributed by atoms with Crippen LogP contribution in [0.1, 0.15) is 37.5 Å². The third-order valence-corrected chi connectivity index (χ3v) is 4.00. The minimum atomic E-state index is -0.107. The van der Waals surface area contributed by atoms with Crippen LogP contribution in [-0.2, 0) is 18.4 Å². The summed E-state index contributed by atoms with van der Waals surface area (Å²) in [7, 11) is 0. The summed E-state index contributed by atoms with van der Waals surface area (Å²) >= 11 is 3.40. The zero-order valence-electron chi connectivity index (χ0n) is 13.1. The second-order valence-electron chi connectivity index (χ2n) is 6.40. The average molecular weight is 359 g/mol. The van der Waals surface area contributed by atoms with E-state index in [0.29, 0.717) is 12.1 Å². The molecule has 0 bridgehead atoms. The van der Waals surface area contributed by atoms with Gasteiger partial charge in [-0.3, -0.25) is 4.79 Å². The highest BCUT2D eigenvalue weighted by atomic mass is 79.9. The van der Waals surface area contributed by atoms with Gasteiger partial charge in [0.15, 0.2) is 0 Å². The van der Waals surface area contributed by atoms with Gasteiger partial charge in [-0.1, -0.05) is 45.0 Å². The number of hydrogen-bond donors (Lipinski definition) is 0. The fourth-order valence-electron chi connectivity index (χ4n) is 2.29. The molecule has 0 atom stereocenters. The number of benzene rings is 1. The quantitative estimate of drug-likeness (QED) is 0.831. The Morgan fingerprint density at radius 2 is 1.86 bits per heavy atom. The Morgan fingerprint density at radius 1 is 1.23 bits per heavy atom. The van der Waals surface area contributed by atoms with Crippen LogP contribution in [0, 0.1) is 11.3 Å². The summed E-state index contributed by atoms with van der Waals surface area (Å²) in [6, 6.07) is 12.1. The first kappa shape index (κ1) is 16.5. The molecule has 1 aromatic heterocycles. The lowest BCUT2D eigenvalue weighted by molar-refractivity contribution is 0.589. The maximum atomic E-state index is 12.3. The Morgan fingerprint density at radius 3 is 2.41 bits per heavy atom. The van der Waals surface area contributed by atoms with Crippen molar-refractivity contribution in [3.05, 3.63) is 68.0 Å². The third kappa shape index (κ3) is 3.86. The number of rotatable bonds is 3. The number of nitrogens with zero attached hydrogens (tertiary/aromatic N) is 2. The van der Waals surface area contributed by atoms with Crippen LogP contribution in [0.3, 0.4) is 0 Å². The molecular weight excluding hydrogens is 340 g/mol. The van der Waals surface area contributed by atoms with E-state index in [4.69, 9.17) is 5.26 Å². The van der Waals surface area contributed by atoms with Gasteiger partial charge in [0, 0.05) is 16.2 Å². The zero-order valence-corrected chi connectivity index (χ0v) is 14.6. The maximum absolute atomic E-state index is 12.3. The first-order valence-corrected chi connectivity index (χ1v) is 7.96. The van der Waals surface area contributed by atoms with Crippen molar-refractivity contribution in [1.29, 1.82) is 5.26 Å². The monoisotopic (exact) mass is 358 g/mol. The molecule has 2 rings (SSSR count). The predicted molar refractivity (Wildman–Crippen MR) is 92.0 cm³/mol. The molecule has 0 N–H and O–H groups in total. The van der Waals surface area contributed by atoms with Crippen molar-refractivity contribution >= 4 is 15.9 Å². The summed E-state index contributed by atoms with van der Waals surface area (Å²) in [5.41, 5.74) is 2.86. The van der Waals surface area contributed by atoms with Crippen LogP contribution in [0.4, 0.5) is 0 Å². The van der Waals surface area contributed by atoms with Crippen LogP contribution in [0.15, 0.2) is 45.8 Å². The molecular formula is C18H19BrN2O. The standard InChI is InChI=1S/C18H19BrN2O/c1-18(2,3)15-6-4-13(5-7-15)11-21-12-16(19)10-14(8-9-20)17(21)22/h4-7,10,12H,8,11H2,1-3H3. The molecule has 0 fully saturated rings. The van der Waals surface area contributed by atoms with Crippen molar-refractivity contribution in [2.75, 3.05) is 0 Å². The highest BCUT2D eigenvalue weighted by Gasteiger charge is 2.13. The molecule has 1 heterocycles. The van der Waals surface area contributed by atoms with Gasteiger partial charge in [-0.2, -0.15) is 5.26 Å². The fraction of sp³-hybridized carbons (Fsp3) is 0.333. The van der Waals surface area contributed by atoms with Gasteiger partial charge in [-0.25, -0.2) is 0 Å². The number of halogens is 1. The molecule has 3 nitrogen and oxygen atoms in total. The molecule has 0 saturated heterocycles. The average Bonchev–Trinajstić information content (AvgIpc) is 2.44. The molecule has 0 aliphatic heterocycles. The first-order chi connectivity index (χ1) is 10.3. The number of nitriles is 1. The molecule has 114 valence electrons. The second-order valence-corrected chi connectivity index (χ2v) is 7.31. The van der Waals surface area contributed by atoms with Gasteiger partial charge in [0.25, 0.3) is 5.56 Å². The molecule has 0 spiro atoms. The predicted octanol–water partition coefficient (Wildman–Crippen LogP) is 4.02. The summed E-state index contributed by atoms with van der Waals surface area (Å²) in [6.45, 7) is 7.03. The highest BCUT2D eigenvalue weighted by Crippen LogP contribution is 2.22. The smallest absolute Gasteiger partial charge is 0.255 e. The van der Waals surface area contributed by atoms with Crippen molar-refractivity contribution in [3.8, 4) is 6.07 Å². The number of pyridine rings is 1. The molecule has 1 aromatic carbocycles. The van der Waals surface area contributed by atoms with Gasteiger partial charge >= 0.3 is 0 Å². The van der Waals surface area contributed by atoms with E-state index in [1.807, 2.05) is 6.07 Å². The zero-order chi connectivity index (χ0) is 16.3. The summed E-state index contributed by atoms with van der Waals surface area (Å²) < 4.78 is 2.45. The normalized spacial score (nSPS) is 11.2. The SMILES string of the molecule is CC(C)(C)c1ccc(Cn2cc(Br)cc(CC#N)c2=O)cc1. The lowest BCUT2D eigenvalue weighted by Crippen LogP contribution is -2.23. The molecule has 0 aliphatic carbocycles. The lowest BCUT2D eigenvalue weighted by atomic mass is 9.87. The van der Waals surface area contributed by atoms with Crippen molar-refractivity contribution in [1.82, 2.24) is 4.57 Å². The fourth-order valence-corrected chi connectivity index (χ4v) is 2.82. The topological polar surface area (TPSA) is 45.8 Å². The van der Waals surface area contributed by atoms with Crippen LogP contribution < -0.4 is 5.56 Å². The molecule has 0 unspecified atom stereocenters. The van der Waals surface area contributed by atoms with Crippen molar-refractivity contribution < 1.29 is 0 Å². The van der Waals surface area contributed by atoms with Crippen LogP contribution in [0.2, 0.25) is 0 Å². The summed E-state index contributed by atoms with van der Waals surface area (Å²) in [4.78, 5) is 12.3. The van der Waals surface area contributed by atoms with E-state index in [9.17, 15) is 4.79 Å². The van der Waals surface area contributed by atoms with Gasteiger partial charge in [0.05, 0.1) is 19.0 Å². The van der Waals surface area contributed by atoms with E-state index < -0.39 is 0 Å². The molecule has 4 heteroatoms. The first-order valence-electron chi connectivity index (χ1n) is 7.16. The van der Waals surface area contributed by atoms with E-state index in [0.717, 1.165) is 10.0 Å². The second kappa shape index (κ2) is 6.50. The van der Waals surface area contributed by atoms with Crippen molar-refractivity contribution in [3.63, 3.8) is 0 Å². The molecule has 22 heavy (non-hydrogen) atoms. The van der Waals surface area contributed by atoms with Gasteiger partial charge < -0.3 is 4.57 Å². The summed E-state index contributed by atoms with van der Waals surface area (Å²) in [6.07, 6.45) is 1.89. The number of aromatic nitrogens is 1. The van der Waals surface area contributed by atoms with E-state index >= 15 is 0 Å². The molecule has 0 aliphatic rings. The van der Waals surface area contributed by atoms with Gasteiger partial charge in [0.1, 0.15) is 0 Å². The minimum Gasteiger partial charge on any atom is -0.310 e. The Bertz CT molecular complexity index is 762. The van der Waals surface area contributed by atoms with E-state index in [1.165, 1.54) is 5.56 Å². The van der Waals surface area contributed by atoms with Crippen LogP contribution >= 0.6 is 15.9 Å². The van der Waals surface area contributed by atoms with Gasteiger partial charge in [-0.05, 0) is 38.5 Å². The van der Waals surface area contributed by atoms with Crippen molar-refractivity contribution in [2.24, 2.45) is 0 Å². The highest BCUT2D eigenvalue weighted by molar-refractivity contribution is 9.10. The van der Waals surface area contributed by atoms with Crippen LogP contribution in [-0.4, -0.2) is 4.57 Å². The maximum Gasteiger partial charge on any atom is 0.255 e. The van der Waals surface area contributed by atoms with E-state index in [1.54, 1.807) is 16.8 Å². The summed E-state index contributed by atoms with van der Waals surface area (Å²) in [5.74, 6) is 0. The molecule has 0 amide bonds. The van der Waals surface area contributed by atoms with Gasteiger partial charge in [-0.15, -0.1) is 0 Å². The Balaban J connectivity index is 2.32. The van der Waals surface area contributed by atoms with E-state index in [2.05, 4.69) is 61.0 Å².